The van der Waals surface area contributed by atoms with Crippen LogP contribution in [0.3, 0.4) is 0 Å². The van der Waals surface area contributed by atoms with E-state index < -0.39 is 0 Å². The van der Waals surface area contributed by atoms with E-state index in [1.807, 2.05) is 13.0 Å². The summed E-state index contributed by atoms with van der Waals surface area (Å²) in [5, 5.41) is 3.32. The van der Waals surface area contributed by atoms with Gasteiger partial charge in [-0.1, -0.05) is 20.8 Å². The number of ether oxygens (including phenoxy) is 1. The van der Waals surface area contributed by atoms with Gasteiger partial charge in [-0.15, -0.1) is 0 Å². The number of rotatable bonds is 6. The third-order valence-corrected chi connectivity index (χ3v) is 4.45. The van der Waals surface area contributed by atoms with Crippen LogP contribution in [0.15, 0.2) is 6.07 Å². The zero-order chi connectivity index (χ0) is 15.2. The fourth-order valence-electron chi connectivity index (χ4n) is 2.88. The minimum absolute atomic E-state index is 0.368. The molecule has 1 aromatic heterocycles. The predicted molar refractivity (Wildman–Crippen MR) is 86.3 cm³/mol. The summed E-state index contributed by atoms with van der Waals surface area (Å²) >= 11 is 0. The van der Waals surface area contributed by atoms with Crippen LogP contribution < -0.4 is 5.32 Å². The first kappa shape index (κ1) is 16.2. The van der Waals surface area contributed by atoms with E-state index in [1.54, 1.807) is 0 Å². The largest absolute Gasteiger partial charge is 0.370 e. The van der Waals surface area contributed by atoms with Gasteiger partial charge in [-0.3, -0.25) is 0 Å². The molecule has 0 radical (unpaired) electrons. The fraction of sp³-hybridized carbons (Fsp3) is 0.765. The molecular formula is C17H29N3O. The van der Waals surface area contributed by atoms with E-state index in [-0.39, 0.29) is 0 Å². The second kappa shape index (κ2) is 7.74. The number of nitrogens with zero attached hydrogens (tertiary/aromatic N) is 2. The van der Waals surface area contributed by atoms with E-state index in [1.165, 1.54) is 6.42 Å². The highest BCUT2D eigenvalue weighted by Gasteiger charge is 2.25. The van der Waals surface area contributed by atoms with Crippen molar-refractivity contribution < 1.29 is 4.74 Å². The molecule has 1 fully saturated rings. The van der Waals surface area contributed by atoms with Gasteiger partial charge in [0, 0.05) is 18.3 Å². The second-order valence-electron chi connectivity index (χ2n) is 6.44. The van der Waals surface area contributed by atoms with E-state index in [2.05, 4.69) is 36.1 Å². The molecule has 1 saturated carbocycles. The summed E-state index contributed by atoms with van der Waals surface area (Å²) in [6.45, 7) is 10.3. The van der Waals surface area contributed by atoms with Gasteiger partial charge < -0.3 is 10.1 Å². The highest BCUT2D eigenvalue weighted by molar-refractivity contribution is 5.35. The Morgan fingerprint density at radius 1 is 1.24 bits per heavy atom. The Hall–Kier alpha value is -1.16. The van der Waals surface area contributed by atoms with Crippen LogP contribution in [-0.4, -0.2) is 22.6 Å². The second-order valence-corrected chi connectivity index (χ2v) is 6.44. The molecule has 3 atom stereocenters. The van der Waals surface area contributed by atoms with Crippen molar-refractivity contribution in [1.82, 2.24) is 9.97 Å². The van der Waals surface area contributed by atoms with Crippen molar-refractivity contribution in [3.8, 4) is 0 Å². The first-order valence-corrected chi connectivity index (χ1v) is 8.28. The van der Waals surface area contributed by atoms with Gasteiger partial charge in [0.2, 0.25) is 0 Å². The highest BCUT2D eigenvalue weighted by Crippen LogP contribution is 2.31. The summed E-state index contributed by atoms with van der Waals surface area (Å²) in [4.78, 5) is 9.03. The Balaban J connectivity index is 1.89. The maximum Gasteiger partial charge on any atom is 0.156 e. The van der Waals surface area contributed by atoms with Gasteiger partial charge in [0.25, 0.3) is 0 Å². The Morgan fingerprint density at radius 2 is 2.05 bits per heavy atom. The van der Waals surface area contributed by atoms with Crippen LogP contribution in [0.1, 0.15) is 58.0 Å². The average Bonchev–Trinajstić information content (AvgIpc) is 2.46. The van der Waals surface area contributed by atoms with Gasteiger partial charge in [0.15, 0.2) is 5.82 Å². The normalized spacial score (nSPS) is 25.8. The fourth-order valence-corrected chi connectivity index (χ4v) is 2.88. The molecule has 0 aliphatic heterocycles. The summed E-state index contributed by atoms with van der Waals surface area (Å²) in [5.74, 6) is 3.28. The maximum absolute atomic E-state index is 6.05. The molecule has 1 N–H and O–H groups in total. The monoisotopic (exact) mass is 291 g/mol. The molecule has 0 spiro atoms. The van der Waals surface area contributed by atoms with Crippen LogP contribution in [0, 0.1) is 18.8 Å². The third kappa shape index (κ3) is 4.95. The Kier molecular flexibility index (Phi) is 5.97. The van der Waals surface area contributed by atoms with Crippen LogP contribution >= 0.6 is 0 Å². The van der Waals surface area contributed by atoms with Gasteiger partial charge in [0.05, 0.1) is 6.10 Å². The number of aryl methyl sites for hydroxylation is 1. The zero-order valence-electron chi connectivity index (χ0n) is 13.9. The lowest BCUT2D eigenvalue weighted by Gasteiger charge is -2.31. The Bertz CT molecular complexity index is 450. The van der Waals surface area contributed by atoms with Crippen molar-refractivity contribution in [2.75, 3.05) is 11.9 Å². The van der Waals surface area contributed by atoms with E-state index >= 15 is 0 Å². The van der Waals surface area contributed by atoms with Crippen LogP contribution in [0.5, 0.6) is 0 Å². The number of aromatic nitrogens is 2. The topological polar surface area (TPSA) is 47.0 Å². The summed E-state index contributed by atoms with van der Waals surface area (Å²) < 4.78 is 6.05. The quantitative estimate of drug-likeness (QED) is 0.862. The molecule has 0 aromatic carbocycles. The Morgan fingerprint density at radius 3 is 2.76 bits per heavy atom. The lowest BCUT2D eigenvalue weighted by atomic mass is 9.80. The molecule has 118 valence electrons. The van der Waals surface area contributed by atoms with Crippen molar-refractivity contribution in [3.05, 3.63) is 17.6 Å². The van der Waals surface area contributed by atoms with Gasteiger partial charge in [0.1, 0.15) is 12.4 Å². The SMILES string of the molecule is CCCNc1cc(C)nc(COC2CCC(C)C(C)C2)n1. The minimum atomic E-state index is 0.368. The lowest BCUT2D eigenvalue weighted by molar-refractivity contribution is -0.0102. The van der Waals surface area contributed by atoms with Crippen molar-refractivity contribution >= 4 is 5.82 Å². The number of nitrogens with one attached hydrogen (secondary N) is 1. The van der Waals surface area contributed by atoms with Crippen molar-refractivity contribution in [1.29, 1.82) is 0 Å². The van der Waals surface area contributed by atoms with E-state index in [0.29, 0.717) is 12.7 Å². The van der Waals surface area contributed by atoms with Crippen molar-refractivity contribution in [3.63, 3.8) is 0 Å². The molecule has 1 aliphatic carbocycles. The molecule has 0 bridgehead atoms. The predicted octanol–water partition coefficient (Wildman–Crippen LogP) is 3.95. The molecule has 21 heavy (non-hydrogen) atoms. The maximum atomic E-state index is 6.05. The molecule has 3 unspecified atom stereocenters. The molecule has 1 aromatic rings. The highest BCUT2D eigenvalue weighted by atomic mass is 16.5. The third-order valence-electron chi connectivity index (χ3n) is 4.45. The smallest absolute Gasteiger partial charge is 0.156 e. The molecule has 0 saturated heterocycles. The summed E-state index contributed by atoms with van der Waals surface area (Å²) in [7, 11) is 0. The van der Waals surface area contributed by atoms with Crippen molar-refractivity contribution in [2.45, 2.75) is 66.1 Å². The van der Waals surface area contributed by atoms with E-state index in [0.717, 1.165) is 55.0 Å². The minimum Gasteiger partial charge on any atom is -0.370 e. The lowest BCUT2D eigenvalue weighted by Crippen LogP contribution is -2.26. The molecule has 4 heteroatoms. The van der Waals surface area contributed by atoms with Crippen LogP contribution in [0.4, 0.5) is 5.82 Å². The summed E-state index contributed by atoms with van der Waals surface area (Å²) in [6, 6.07) is 1.99. The molecule has 2 rings (SSSR count). The zero-order valence-corrected chi connectivity index (χ0v) is 13.9. The Labute approximate surface area is 128 Å². The molecule has 4 nitrogen and oxygen atoms in total. The summed E-state index contributed by atoms with van der Waals surface area (Å²) in [5.41, 5.74) is 0.993. The van der Waals surface area contributed by atoms with Gasteiger partial charge in [-0.25, -0.2) is 9.97 Å². The van der Waals surface area contributed by atoms with Crippen LogP contribution in [0.25, 0.3) is 0 Å². The van der Waals surface area contributed by atoms with E-state index in [9.17, 15) is 0 Å². The van der Waals surface area contributed by atoms with Crippen LogP contribution in [-0.2, 0) is 11.3 Å². The number of hydrogen-bond donors (Lipinski definition) is 1. The van der Waals surface area contributed by atoms with Crippen LogP contribution in [0.2, 0.25) is 0 Å². The first-order valence-electron chi connectivity index (χ1n) is 8.28. The van der Waals surface area contributed by atoms with Gasteiger partial charge in [-0.2, -0.15) is 0 Å². The molecule has 0 amide bonds. The molecule has 1 aliphatic rings. The number of hydrogen-bond acceptors (Lipinski definition) is 4. The average molecular weight is 291 g/mol. The van der Waals surface area contributed by atoms with Crippen molar-refractivity contribution in [2.24, 2.45) is 11.8 Å². The summed E-state index contributed by atoms with van der Waals surface area (Å²) in [6.07, 6.45) is 5.05. The molecular weight excluding hydrogens is 262 g/mol. The van der Waals surface area contributed by atoms with Gasteiger partial charge >= 0.3 is 0 Å². The standard InChI is InChI=1S/C17H29N3O/c1-5-8-18-16-10-14(4)19-17(20-16)11-21-15-7-6-12(2)13(3)9-15/h10,12-13,15H,5-9,11H2,1-4H3,(H,18,19,20). The first-order chi connectivity index (χ1) is 10.1. The van der Waals surface area contributed by atoms with E-state index in [4.69, 9.17) is 4.74 Å². The number of anilines is 1. The molecule has 1 heterocycles. The van der Waals surface area contributed by atoms with Gasteiger partial charge in [-0.05, 0) is 44.4 Å².